The molecule has 0 spiro atoms. The van der Waals surface area contributed by atoms with Gasteiger partial charge in [-0.1, -0.05) is 52.0 Å². The fourth-order valence-corrected chi connectivity index (χ4v) is 1.90. The number of hydrogen-bond donors (Lipinski definition) is 0. The number of rotatable bonds is 7. The quantitative estimate of drug-likeness (QED) is 0.529. The molecule has 0 aromatic rings. The van der Waals surface area contributed by atoms with Crippen LogP contribution >= 0.6 is 11.8 Å². The van der Waals surface area contributed by atoms with Crippen molar-refractivity contribution in [3.63, 3.8) is 0 Å². The van der Waals surface area contributed by atoms with Gasteiger partial charge in [-0.15, -0.1) is 11.8 Å². The molecule has 0 saturated heterocycles. The third-order valence-corrected chi connectivity index (χ3v) is 2.96. The fourth-order valence-electron chi connectivity index (χ4n) is 1.18. The van der Waals surface area contributed by atoms with E-state index in [4.69, 9.17) is 0 Å². The predicted molar refractivity (Wildman–Crippen MR) is 64.8 cm³/mol. The molecule has 13 heavy (non-hydrogen) atoms. The maximum atomic E-state index is 3.73. The Labute approximate surface area is 86.8 Å². The Morgan fingerprint density at radius 3 is 2.62 bits per heavy atom. The maximum absolute atomic E-state index is 3.73. The summed E-state index contributed by atoms with van der Waals surface area (Å²) in [5.41, 5.74) is 0. The van der Waals surface area contributed by atoms with Crippen molar-refractivity contribution in [2.24, 2.45) is 5.92 Å². The molecule has 0 heterocycles. The Morgan fingerprint density at radius 2 is 2.15 bits per heavy atom. The van der Waals surface area contributed by atoms with Crippen LogP contribution < -0.4 is 0 Å². The molecule has 0 aliphatic heterocycles. The lowest BCUT2D eigenvalue weighted by Gasteiger charge is -2.12. The topological polar surface area (TPSA) is 0 Å². The Hall–Kier alpha value is -0.430. The largest absolute Gasteiger partial charge is 0.103 e. The monoisotopic (exact) mass is 196 g/mol. The summed E-state index contributed by atoms with van der Waals surface area (Å²) in [6.07, 6.45) is 7.77. The van der Waals surface area contributed by atoms with Crippen LogP contribution in [0.2, 0.25) is 0 Å². The van der Waals surface area contributed by atoms with E-state index in [1.807, 2.05) is 11.5 Å². The Balaban J connectivity index is 4.10. The van der Waals surface area contributed by atoms with Crippen LogP contribution in [0, 0.1) is 5.92 Å². The molecule has 0 amide bonds. The fraction of sp³-hybridized carbons (Fsp3) is 0.500. The van der Waals surface area contributed by atoms with E-state index >= 15 is 0 Å². The minimum atomic E-state index is 0.640. The van der Waals surface area contributed by atoms with E-state index in [1.54, 1.807) is 11.8 Å². The number of allylic oxidation sites excluding steroid dienone is 3. The lowest BCUT2D eigenvalue weighted by atomic mass is 10.0. The summed E-state index contributed by atoms with van der Waals surface area (Å²) in [6.45, 7) is 11.9. The minimum Gasteiger partial charge on any atom is -0.103 e. The first kappa shape index (κ1) is 12.6. The summed E-state index contributed by atoms with van der Waals surface area (Å²) in [7, 11) is 0. The predicted octanol–water partition coefficient (Wildman–Crippen LogP) is 4.76. The Bertz CT molecular complexity index is 180. The van der Waals surface area contributed by atoms with E-state index in [0.717, 1.165) is 0 Å². The highest BCUT2D eigenvalue weighted by Crippen LogP contribution is 2.28. The van der Waals surface area contributed by atoms with Crippen LogP contribution in [0.25, 0.3) is 0 Å². The molecule has 0 N–H and O–H groups in total. The molecule has 0 fully saturated rings. The molecule has 0 radical (unpaired) electrons. The standard InChI is InChI=1S/C12H20S/c1-5-8-10-11(4)12(9-6-2)13-7-3/h6-7,9,11H,2-3,5,8,10H2,1,4H3/b12-9-. The zero-order chi connectivity index (χ0) is 10.1. The van der Waals surface area contributed by atoms with Gasteiger partial charge in [0.15, 0.2) is 0 Å². The minimum absolute atomic E-state index is 0.640. The Morgan fingerprint density at radius 1 is 1.46 bits per heavy atom. The second kappa shape index (κ2) is 8.18. The van der Waals surface area contributed by atoms with Crippen LogP contribution in [-0.4, -0.2) is 0 Å². The Kier molecular flexibility index (Phi) is 7.91. The first-order valence-corrected chi connectivity index (χ1v) is 5.74. The number of thioether (sulfide) groups is 1. The van der Waals surface area contributed by atoms with Crippen molar-refractivity contribution in [3.8, 4) is 0 Å². The van der Waals surface area contributed by atoms with Crippen molar-refractivity contribution in [2.75, 3.05) is 0 Å². The van der Waals surface area contributed by atoms with E-state index in [-0.39, 0.29) is 0 Å². The zero-order valence-corrected chi connectivity index (χ0v) is 9.57. The zero-order valence-electron chi connectivity index (χ0n) is 8.75. The molecule has 0 aliphatic carbocycles. The van der Waals surface area contributed by atoms with Crippen LogP contribution in [0.5, 0.6) is 0 Å². The highest BCUT2D eigenvalue weighted by atomic mass is 32.2. The van der Waals surface area contributed by atoms with Crippen LogP contribution in [0.3, 0.4) is 0 Å². The van der Waals surface area contributed by atoms with Gasteiger partial charge in [-0.25, -0.2) is 0 Å². The van der Waals surface area contributed by atoms with E-state index in [2.05, 4.69) is 33.1 Å². The second-order valence-corrected chi connectivity index (χ2v) is 4.17. The van der Waals surface area contributed by atoms with E-state index in [9.17, 15) is 0 Å². The first-order valence-electron chi connectivity index (χ1n) is 4.86. The highest BCUT2D eigenvalue weighted by molar-refractivity contribution is 8.05. The summed E-state index contributed by atoms with van der Waals surface area (Å²) in [4.78, 5) is 1.37. The van der Waals surface area contributed by atoms with Gasteiger partial charge in [-0.2, -0.15) is 0 Å². The third kappa shape index (κ3) is 5.75. The average molecular weight is 196 g/mol. The molecule has 0 rings (SSSR count). The van der Waals surface area contributed by atoms with Crippen molar-refractivity contribution < 1.29 is 0 Å². The van der Waals surface area contributed by atoms with Crippen molar-refractivity contribution >= 4 is 11.8 Å². The first-order chi connectivity index (χ1) is 6.26. The van der Waals surface area contributed by atoms with Gasteiger partial charge in [0, 0.05) is 0 Å². The van der Waals surface area contributed by atoms with Gasteiger partial charge in [0.2, 0.25) is 0 Å². The highest BCUT2D eigenvalue weighted by Gasteiger charge is 2.06. The van der Waals surface area contributed by atoms with Gasteiger partial charge >= 0.3 is 0 Å². The van der Waals surface area contributed by atoms with E-state index < -0.39 is 0 Å². The number of unbranched alkanes of at least 4 members (excludes halogenated alkanes) is 1. The summed E-state index contributed by atoms with van der Waals surface area (Å²) in [5.74, 6) is 0.640. The van der Waals surface area contributed by atoms with Gasteiger partial charge in [-0.05, 0) is 22.7 Å². The average Bonchev–Trinajstić information content (AvgIpc) is 2.14. The lowest BCUT2D eigenvalue weighted by molar-refractivity contribution is 0.592. The van der Waals surface area contributed by atoms with Gasteiger partial charge < -0.3 is 0 Å². The van der Waals surface area contributed by atoms with Crippen molar-refractivity contribution in [1.82, 2.24) is 0 Å². The van der Waals surface area contributed by atoms with Gasteiger partial charge in [0.1, 0.15) is 0 Å². The third-order valence-electron chi connectivity index (χ3n) is 1.98. The molecule has 1 heteroatoms. The number of hydrogen-bond acceptors (Lipinski definition) is 1. The van der Waals surface area contributed by atoms with Gasteiger partial charge in [0.25, 0.3) is 0 Å². The molecule has 0 bridgehead atoms. The molecule has 1 unspecified atom stereocenters. The molecule has 0 aliphatic rings. The summed E-state index contributed by atoms with van der Waals surface area (Å²) >= 11 is 1.71. The molecule has 0 saturated carbocycles. The van der Waals surface area contributed by atoms with E-state index in [1.165, 1.54) is 24.2 Å². The molecular weight excluding hydrogens is 176 g/mol. The van der Waals surface area contributed by atoms with Crippen LogP contribution in [0.1, 0.15) is 33.1 Å². The van der Waals surface area contributed by atoms with Crippen LogP contribution in [0.15, 0.2) is 35.6 Å². The van der Waals surface area contributed by atoms with Crippen molar-refractivity contribution in [1.29, 1.82) is 0 Å². The smallest absolute Gasteiger partial charge is 0.00806 e. The molecule has 74 valence electrons. The maximum Gasteiger partial charge on any atom is -0.00806 e. The van der Waals surface area contributed by atoms with Gasteiger partial charge in [-0.3, -0.25) is 0 Å². The van der Waals surface area contributed by atoms with Gasteiger partial charge in [0.05, 0.1) is 0 Å². The van der Waals surface area contributed by atoms with Crippen molar-refractivity contribution in [3.05, 3.63) is 35.6 Å². The summed E-state index contributed by atoms with van der Waals surface area (Å²) < 4.78 is 0. The molecular formula is C12H20S. The molecule has 0 aromatic heterocycles. The molecule has 1 atom stereocenters. The summed E-state index contributed by atoms with van der Waals surface area (Å²) in [6, 6.07) is 0. The lowest BCUT2D eigenvalue weighted by Crippen LogP contribution is -1.95. The second-order valence-electron chi connectivity index (χ2n) is 3.13. The normalized spacial score (nSPS) is 13.8. The van der Waals surface area contributed by atoms with E-state index in [0.29, 0.717) is 5.92 Å². The molecule has 0 nitrogen and oxygen atoms in total. The molecule has 0 aromatic carbocycles. The van der Waals surface area contributed by atoms with Crippen LogP contribution in [0.4, 0.5) is 0 Å². The summed E-state index contributed by atoms with van der Waals surface area (Å²) in [5, 5.41) is 1.89. The van der Waals surface area contributed by atoms with Crippen LogP contribution in [-0.2, 0) is 0 Å². The van der Waals surface area contributed by atoms with Crippen molar-refractivity contribution in [2.45, 2.75) is 33.1 Å². The SMILES string of the molecule is C=C/C=C(\SC=C)C(C)CCCC.